The van der Waals surface area contributed by atoms with E-state index in [1.54, 1.807) is 6.92 Å². The number of urea groups is 1. The standard InChI is InChI=1S/C20H26N2O6/c1-5-14-18(19(24)26-6-2)15(22-20(25)21-14)10-28-17(23)11-27-16-9-12(3)7-8-13(16)4/h7-9,14H,5-6,10-11H2,1-4H3,(H2,21,22,25)/t14-/m0/s1. The van der Waals surface area contributed by atoms with Crippen molar-refractivity contribution in [1.82, 2.24) is 10.6 Å². The van der Waals surface area contributed by atoms with Gasteiger partial charge < -0.3 is 24.8 Å². The van der Waals surface area contributed by atoms with E-state index in [9.17, 15) is 14.4 Å². The van der Waals surface area contributed by atoms with E-state index < -0.39 is 24.0 Å². The number of carbonyl (C=O) groups excluding carboxylic acids is 3. The summed E-state index contributed by atoms with van der Waals surface area (Å²) in [7, 11) is 0. The molecule has 8 nitrogen and oxygen atoms in total. The number of rotatable bonds is 8. The van der Waals surface area contributed by atoms with Crippen molar-refractivity contribution in [3.05, 3.63) is 40.6 Å². The van der Waals surface area contributed by atoms with Gasteiger partial charge in [-0.1, -0.05) is 19.1 Å². The zero-order valence-corrected chi connectivity index (χ0v) is 16.6. The molecule has 8 heteroatoms. The van der Waals surface area contributed by atoms with Crippen molar-refractivity contribution < 1.29 is 28.6 Å². The highest BCUT2D eigenvalue weighted by Gasteiger charge is 2.32. The number of aryl methyl sites for hydroxylation is 2. The SMILES string of the molecule is CCOC(=O)C1=C(COC(=O)COc2cc(C)ccc2C)NC(=O)N[C@H]1CC. The minimum atomic E-state index is -0.613. The van der Waals surface area contributed by atoms with Crippen LogP contribution in [-0.4, -0.2) is 43.8 Å². The van der Waals surface area contributed by atoms with Gasteiger partial charge in [0.1, 0.15) is 12.4 Å². The van der Waals surface area contributed by atoms with E-state index in [1.807, 2.05) is 39.0 Å². The number of amides is 2. The zero-order chi connectivity index (χ0) is 20.7. The maximum Gasteiger partial charge on any atom is 0.344 e. The first kappa shape index (κ1) is 21.3. The molecule has 1 heterocycles. The number of ether oxygens (including phenoxy) is 3. The molecule has 0 saturated heterocycles. The molecule has 28 heavy (non-hydrogen) atoms. The fourth-order valence-electron chi connectivity index (χ4n) is 2.77. The Hall–Kier alpha value is -3.03. The number of nitrogens with one attached hydrogen (secondary N) is 2. The summed E-state index contributed by atoms with van der Waals surface area (Å²) in [4.78, 5) is 36.2. The Bertz CT molecular complexity index is 787. The van der Waals surface area contributed by atoms with Gasteiger partial charge in [0.15, 0.2) is 6.61 Å². The molecule has 1 aromatic rings. The summed E-state index contributed by atoms with van der Waals surface area (Å²) in [6, 6.07) is 4.73. The number of hydrogen-bond donors (Lipinski definition) is 2. The fourth-order valence-corrected chi connectivity index (χ4v) is 2.77. The first-order valence-corrected chi connectivity index (χ1v) is 9.19. The van der Waals surface area contributed by atoms with Crippen LogP contribution in [0.3, 0.4) is 0 Å². The molecule has 0 radical (unpaired) electrons. The molecule has 152 valence electrons. The lowest BCUT2D eigenvalue weighted by Crippen LogP contribution is -2.51. The largest absolute Gasteiger partial charge is 0.482 e. The molecule has 1 aliphatic rings. The molecule has 1 aromatic carbocycles. The highest BCUT2D eigenvalue weighted by Crippen LogP contribution is 2.20. The van der Waals surface area contributed by atoms with Gasteiger partial charge in [-0.2, -0.15) is 0 Å². The third-order valence-electron chi connectivity index (χ3n) is 4.21. The number of esters is 2. The van der Waals surface area contributed by atoms with Crippen molar-refractivity contribution >= 4 is 18.0 Å². The van der Waals surface area contributed by atoms with Crippen LogP contribution in [0.2, 0.25) is 0 Å². The van der Waals surface area contributed by atoms with Crippen LogP contribution in [0.5, 0.6) is 5.75 Å². The van der Waals surface area contributed by atoms with Crippen LogP contribution in [0, 0.1) is 13.8 Å². The molecule has 0 spiro atoms. The lowest BCUT2D eigenvalue weighted by Gasteiger charge is -2.28. The highest BCUT2D eigenvalue weighted by atomic mass is 16.6. The predicted molar refractivity (Wildman–Crippen MR) is 102 cm³/mol. The Kier molecular flexibility index (Phi) is 7.43. The van der Waals surface area contributed by atoms with E-state index in [2.05, 4.69) is 10.6 Å². The van der Waals surface area contributed by atoms with Crippen LogP contribution in [-0.2, 0) is 19.1 Å². The van der Waals surface area contributed by atoms with Crippen LogP contribution in [0.1, 0.15) is 31.4 Å². The van der Waals surface area contributed by atoms with Crippen molar-refractivity contribution in [2.24, 2.45) is 0 Å². The van der Waals surface area contributed by atoms with Crippen molar-refractivity contribution in [3.63, 3.8) is 0 Å². The van der Waals surface area contributed by atoms with Gasteiger partial charge in [-0.15, -0.1) is 0 Å². The van der Waals surface area contributed by atoms with Crippen LogP contribution < -0.4 is 15.4 Å². The molecule has 0 unspecified atom stereocenters. The summed E-state index contributed by atoms with van der Waals surface area (Å²) in [6.45, 7) is 6.99. The average molecular weight is 390 g/mol. The van der Waals surface area contributed by atoms with Crippen LogP contribution >= 0.6 is 0 Å². The van der Waals surface area contributed by atoms with E-state index in [-0.39, 0.29) is 31.1 Å². The molecule has 0 fully saturated rings. The van der Waals surface area contributed by atoms with Crippen molar-refractivity contribution in [3.8, 4) is 5.75 Å². The van der Waals surface area contributed by atoms with Gasteiger partial charge >= 0.3 is 18.0 Å². The second-order valence-electron chi connectivity index (χ2n) is 6.39. The van der Waals surface area contributed by atoms with E-state index in [0.717, 1.165) is 11.1 Å². The summed E-state index contributed by atoms with van der Waals surface area (Å²) < 4.78 is 15.8. The quantitative estimate of drug-likeness (QED) is 0.659. The smallest absolute Gasteiger partial charge is 0.344 e. The topological polar surface area (TPSA) is 103 Å². The fraction of sp³-hybridized carbons (Fsp3) is 0.450. The van der Waals surface area contributed by atoms with Crippen molar-refractivity contribution in [1.29, 1.82) is 0 Å². The summed E-state index contributed by atoms with van der Waals surface area (Å²) >= 11 is 0. The summed E-state index contributed by atoms with van der Waals surface area (Å²) in [6.07, 6.45) is 0.495. The maximum absolute atomic E-state index is 12.3. The minimum Gasteiger partial charge on any atom is -0.482 e. The monoisotopic (exact) mass is 390 g/mol. The van der Waals surface area contributed by atoms with E-state index in [4.69, 9.17) is 14.2 Å². The summed E-state index contributed by atoms with van der Waals surface area (Å²) in [5, 5.41) is 5.18. The number of carbonyl (C=O) groups is 3. The predicted octanol–water partition coefficient (Wildman–Crippen LogP) is 2.13. The van der Waals surface area contributed by atoms with Gasteiger partial charge in [0.25, 0.3) is 0 Å². The average Bonchev–Trinajstić information content (AvgIpc) is 2.66. The first-order valence-electron chi connectivity index (χ1n) is 9.19. The molecule has 0 aliphatic carbocycles. The normalized spacial score (nSPS) is 16.1. The van der Waals surface area contributed by atoms with Gasteiger partial charge in [-0.05, 0) is 44.4 Å². The first-order chi connectivity index (χ1) is 13.3. The Balaban J connectivity index is 2.04. The molecular formula is C20H26N2O6. The molecular weight excluding hydrogens is 364 g/mol. The Morgan fingerprint density at radius 1 is 1.14 bits per heavy atom. The Labute approximate surface area is 164 Å². The van der Waals surface area contributed by atoms with Crippen molar-refractivity contribution in [2.75, 3.05) is 19.8 Å². The number of benzene rings is 1. The molecule has 2 N–H and O–H groups in total. The summed E-state index contributed by atoms with van der Waals surface area (Å²) in [5.41, 5.74) is 2.39. The molecule has 0 saturated carbocycles. The molecule has 2 amide bonds. The highest BCUT2D eigenvalue weighted by molar-refractivity contribution is 5.94. The van der Waals surface area contributed by atoms with Gasteiger partial charge in [-0.3, -0.25) is 0 Å². The molecule has 1 atom stereocenters. The third kappa shape index (κ3) is 5.48. The van der Waals surface area contributed by atoms with E-state index >= 15 is 0 Å². The number of hydrogen-bond acceptors (Lipinski definition) is 6. The van der Waals surface area contributed by atoms with Gasteiger partial charge in [0.2, 0.25) is 0 Å². The summed E-state index contributed by atoms with van der Waals surface area (Å²) in [5.74, 6) is -0.568. The Morgan fingerprint density at radius 2 is 1.89 bits per heavy atom. The van der Waals surface area contributed by atoms with Crippen LogP contribution in [0.15, 0.2) is 29.5 Å². The third-order valence-corrected chi connectivity index (χ3v) is 4.21. The second-order valence-corrected chi connectivity index (χ2v) is 6.39. The maximum atomic E-state index is 12.3. The zero-order valence-electron chi connectivity index (χ0n) is 16.6. The van der Waals surface area contributed by atoms with Gasteiger partial charge in [-0.25, -0.2) is 14.4 Å². The Morgan fingerprint density at radius 3 is 2.57 bits per heavy atom. The van der Waals surface area contributed by atoms with E-state index in [0.29, 0.717) is 12.2 Å². The van der Waals surface area contributed by atoms with Crippen LogP contribution in [0.25, 0.3) is 0 Å². The lowest BCUT2D eigenvalue weighted by atomic mass is 10.0. The van der Waals surface area contributed by atoms with Crippen molar-refractivity contribution in [2.45, 2.75) is 40.2 Å². The molecule has 2 rings (SSSR count). The lowest BCUT2D eigenvalue weighted by molar-refractivity contribution is -0.145. The van der Waals surface area contributed by atoms with Gasteiger partial charge in [0.05, 0.1) is 23.9 Å². The second kappa shape index (κ2) is 9.77. The molecule has 1 aliphatic heterocycles. The van der Waals surface area contributed by atoms with Crippen LogP contribution in [0.4, 0.5) is 4.79 Å². The molecule has 0 aromatic heterocycles. The minimum absolute atomic E-state index is 0.198. The van der Waals surface area contributed by atoms with E-state index in [1.165, 1.54) is 0 Å². The van der Waals surface area contributed by atoms with Gasteiger partial charge in [0, 0.05) is 0 Å². The molecule has 0 bridgehead atoms.